The maximum absolute atomic E-state index is 12.7. The fourth-order valence-electron chi connectivity index (χ4n) is 3.20. The first-order valence-electron chi connectivity index (χ1n) is 8.56. The molecule has 3 heterocycles. The van der Waals surface area contributed by atoms with Gasteiger partial charge in [0.1, 0.15) is 0 Å². The molecule has 0 bridgehead atoms. The van der Waals surface area contributed by atoms with Crippen molar-refractivity contribution in [1.29, 1.82) is 0 Å². The number of fused-ring (bicyclic) bond motifs is 1. The van der Waals surface area contributed by atoms with Crippen LogP contribution in [-0.2, 0) is 6.54 Å². The van der Waals surface area contributed by atoms with Crippen LogP contribution in [0.1, 0.15) is 20.4 Å². The predicted molar refractivity (Wildman–Crippen MR) is 101 cm³/mol. The summed E-state index contributed by atoms with van der Waals surface area (Å²) in [5.41, 5.74) is -0.467. The van der Waals surface area contributed by atoms with Crippen LogP contribution >= 0.6 is 11.3 Å². The second kappa shape index (κ2) is 7.01. The van der Waals surface area contributed by atoms with Crippen molar-refractivity contribution in [3.05, 3.63) is 62.6 Å². The molecule has 4 rings (SSSR count). The summed E-state index contributed by atoms with van der Waals surface area (Å²) < 4.78 is 5.26. The Bertz CT molecular complexity index is 1000. The number of rotatable bonds is 3. The van der Waals surface area contributed by atoms with Crippen molar-refractivity contribution < 1.29 is 9.21 Å². The van der Waals surface area contributed by atoms with Crippen LogP contribution in [0.3, 0.4) is 0 Å². The lowest BCUT2D eigenvalue weighted by atomic mass is 10.1. The van der Waals surface area contributed by atoms with Gasteiger partial charge in [-0.15, -0.1) is 11.3 Å². The van der Waals surface area contributed by atoms with E-state index in [4.69, 9.17) is 4.42 Å². The van der Waals surface area contributed by atoms with Gasteiger partial charge in [0.05, 0.1) is 10.4 Å². The Labute approximate surface area is 154 Å². The van der Waals surface area contributed by atoms with Crippen LogP contribution < -0.4 is 5.63 Å². The molecule has 0 radical (unpaired) electrons. The fraction of sp³-hybridized carbons (Fsp3) is 0.316. The summed E-state index contributed by atoms with van der Waals surface area (Å²) in [7, 11) is 0. The number of piperazine rings is 1. The first kappa shape index (κ1) is 16.9. The molecular formula is C19H19N3O3S. The number of thiazole rings is 1. The highest BCUT2D eigenvalue weighted by molar-refractivity contribution is 7.11. The van der Waals surface area contributed by atoms with Gasteiger partial charge in [0.2, 0.25) is 0 Å². The SMILES string of the molecule is Cc1ncc(CN2CCN(C(=O)c3cc4ccccc4c(=O)o3)CC2)s1. The molecule has 0 aliphatic carbocycles. The number of aryl methyl sites for hydroxylation is 1. The van der Waals surface area contributed by atoms with Crippen LogP contribution in [-0.4, -0.2) is 46.9 Å². The average Bonchev–Trinajstić information content (AvgIpc) is 3.06. The first-order valence-corrected chi connectivity index (χ1v) is 9.37. The van der Waals surface area contributed by atoms with Gasteiger partial charge in [-0.25, -0.2) is 9.78 Å². The summed E-state index contributed by atoms with van der Waals surface area (Å²) in [6, 6.07) is 8.80. The topological polar surface area (TPSA) is 66.7 Å². The van der Waals surface area contributed by atoms with Crippen molar-refractivity contribution in [2.75, 3.05) is 26.2 Å². The number of aromatic nitrogens is 1. The van der Waals surface area contributed by atoms with Crippen molar-refractivity contribution in [1.82, 2.24) is 14.8 Å². The molecule has 1 aromatic carbocycles. The van der Waals surface area contributed by atoms with E-state index in [9.17, 15) is 9.59 Å². The fourth-order valence-corrected chi connectivity index (χ4v) is 4.04. The highest BCUT2D eigenvalue weighted by Gasteiger charge is 2.24. The number of hydrogen-bond acceptors (Lipinski definition) is 6. The molecule has 1 amide bonds. The Kier molecular flexibility index (Phi) is 4.57. The van der Waals surface area contributed by atoms with Gasteiger partial charge in [-0.05, 0) is 24.4 Å². The largest absolute Gasteiger partial charge is 0.417 e. The maximum Gasteiger partial charge on any atom is 0.344 e. The lowest BCUT2D eigenvalue weighted by Gasteiger charge is -2.34. The van der Waals surface area contributed by atoms with Crippen LogP contribution in [0.4, 0.5) is 0 Å². The van der Waals surface area contributed by atoms with E-state index in [2.05, 4.69) is 9.88 Å². The lowest BCUT2D eigenvalue weighted by Crippen LogP contribution is -2.48. The molecule has 134 valence electrons. The van der Waals surface area contributed by atoms with Crippen LogP contribution in [0.25, 0.3) is 10.8 Å². The van der Waals surface area contributed by atoms with Crippen molar-refractivity contribution in [3.8, 4) is 0 Å². The van der Waals surface area contributed by atoms with Gasteiger partial charge in [-0.2, -0.15) is 0 Å². The summed E-state index contributed by atoms with van der Waals surface area (Å²) in [6.45, 7) is 5.68. The Hall–Kier alpha value is -2.51. The average molecular weight is 369 g/mol. The second-order valence-electron chi connectivity index (χ2n) is 6.40. The number of carbonyl (C=O) groups is 1. The van der Waals surface area contributed by atoms with E-state index in [1.54, 1.807) is 34.4 Å². The van der Waals surface area contributed by atoms with Gasteiger partial charge in [0.15, 0.2) is 5.76 Å². The molecule has 1 aliphatic heterocycles. The molecule has 2 aromatic heterocycles. The van der Waals surface area contributed by atoms with E-state index < -0.39 is 5.63 Å². The van der Waals surface area contributed by atoms with Gasteiger partial charge < -0.3 is 9.32 Å². The number of benzene rings is 1. The Morgan fingerprint density at radius 3 is 2.73 bits per heavy atom. The lowest BCUT2D eigenvalue weighted by molar-refractivity contribution is 0.0595. The zero-order chi connectivity index (χ0) is 18.1. The molecule has 0 unspecified atom stereocenters. The maximum atomic E-state index is 12.7. The third kappa shape index (κ3) is 3.40. The normalized spacial score (nSPS) is 15.5. The van der Waals surface area contributed by atoms with Gasteiger partial charge >= 0.3 is 5.63 Å². The zero-order valence-corrected chi connectivity index (χ0v) is 15.3. The summed E-state index contributed by atoms with van der Waals surface area (Å²) >= 11 is 1.70. The molecule has 0 N–H and O–H groups in total. The van der Waals surface area contributed by atoms with Gasteiger partial charge in [-0.3, -0.25) is 9.69 Å². The molecule has 6 nitrogen and oxygen atoms in total. The van der Waals surface area contributed by atoms with Crippen molar-refractivity contribution in [2.45, 2.75) is 13.5 Å². The molecule has 3 aromatic rings. The van der Waals surface area contributed by atoms with E-state index in [1.165, 1.54) is 4.88 Å². The summed E-state index contributed by atoms with van der Waals surface area (Å²) in [5, 5.41) is 2.29. The summed E-state index contributed by atoms with van der Waals surface area (Å²) in [6.07, 6.45) is 1.92. The molecule has 0 saturated carbocycles. The van der Waals surface area contributed by atoms with E-state index >= 15 is 0 Å². The van der Waals surface area contributed by atoms with Crippen molar-refractivity contribution in [2.24, 2.45) is 0 Å². The quantitative estimate of drug-likeness (QED) is 0.710. The standard InChI is InChI=1S/C19H19N3O3S/c1-13-20-11-15(26-13)12-21-6-8-22(9-7-21)18(23)17-10-14-4-2-3-5-16(14)19(24)25-17/h2-5,10-11H,6-9,12H2,1H3. The molecule has 0 spiro atoms. The minimum absolute atomic E-state index is 0.111. The zero-order valence-electron chi connectivity index (χ0n) is 14.5. The Morgan fingerprint density at radius 1 is 1.23 bits per heavy atom. The predicted octanol–water partition coefficient (Wildman–Crippen LogP) is 2.52. The van der Waals surface area contributed by atoms with Crippen LogP contribution in [0.5, 0.6) is 0 Å². The van der Waals surface area contributed by atoms with Crippen LogP contribution in [0.15, 0.2) is 45.7 Å². The van der Waals surface area contributed by atoms with Crippen LogP contribution in [0.2, 0.25) is 0 Å². The number of hydrogen-bond donors (Lipinski definition) is 0. The molecule has 1 saturated heterocycles. The second-order valence-corrected chi connectivity index (χ2v) is 7.72. The monoisotopic (exact) mass is 369 g/mol. The van der Waals surface area contributed by atoms with Gasteiger partial charge in [-0.1, -0.05) is 18.2 Å². The van der Waals surface area contributed by atoms with E-state index in [0.717, 1.165) is 30.0 Å². The Morgan fingerprint density at radius 2 is 2.00 bits per heavy atom. The van der Waals surface area contributed by atoms with E-state index in [-0.39, 0.29) is 11.7 Å². The molecular weight excluding hydrogens is 350 g/mol. The van der Waals surface area contributed by atoms with Gasteiger partial charge in [0.25, 0.3) is 5.91 Å². The molecule has 7 heteroatoms. The van der Waals surface area contributed by atoms with E-state index in [1.807, 2.05) is 25.3 Å². The van der Waals surface area contributed by atoms with Crippen LogP contribution in [0, 0.1) is 6.92 Å². The summed E-state index contributed by atoms with van der Waals surface area (Å²) in [5.74, 6) is -0.110. The third-order valence-electron chi connectivity index (χ3n) is 4.59. The first-order chi connectivity index (χ1) is 12.6. The smallest absolute Gasteiger partial charge is 0.344 e. The molecule has 0 atom stereocenters. The number of amides is 1. The number of carbonyl (C=O) groups excluding carboxylic acids is 1. The van der Waals surface area contributed by atoms with E-state index in [0.29, 0.717) is 18.5 Å². The Balaban J connectivity index is 1.44. The van der Waals surface area contributed by atoms with Gasteiger partial charge in [0, 0.05) is 43.8 Å². The van der Waals surface area contributed by atoms with Crippen molar-refractivity contribution >= 4 is 28.0 Å². The van der Waals surface area contributed by atoms with Crippen molar-refractivity contribution in [3.63, 3.8) is 0 Å². The summed E-state index contributed by atoms with van der Waals surface area (Å²) in [4.78, 5) is 34.4. The minimum atomic E-state index is -0.467. The highest BCUT2D eigenvalue weighted by Crippen LogP contribution is 2.17. The third-order valence-corrected chi connectivity index (χ3v) is 5.49. The molecule has 1 fully saturated rings. The molecule has 1 aliphatic rings. The number of nitrogens with zero attached hydrogens (tertiary/aromatic N) is 3. The highest BCUT2D eigenvalue weighted by atomic mass is 32.1. The molecule has 26 heavy (non-hydrogen) atoms. The minimum Gasteiger partial charge on any atom is -0.417 e.